The van der Waals surface area contributed by atoms with Gasteiger partial charge in [0.05, 0.1) is 6.20 Å². The second-order valence-electron chi connectivity index (χ2n) is 4.03. The van der Waals surface area contributed by atoms with Gasteiger partial charge in [-0.2, -0.15) is 0 Å². The number of halogens is 1. The largest absolute Gasteiger partial charge is 0.456 e. The first-order chi connectivity index (χ1) is 9.65. The molecule has 0 aliphatic carbocycles. The number of hydrogen-bond donors (Lipinski definition) is 1. The van der Waals surface area contributed by atoms with E-state index in [9.17, 15) is 9.18 Å². The minimum atomic E-state index is -0.583. The zero-order valence-electron chi connectivity index (χ0n) is 10.7. The molecule has 0 spiro atoms. The number of anilines is 1. The molecule has 1 aromatic carbocycles. The van der Waals surface area contributed by atoms with Crippen molar-refractivity contribution in [3.63, 3.8) is 0 Å². The number of benzene rings is 1. The summed E-state index contributed by atoms with van der Waals surface area (Å²) in [5, 5.41) is 2.66. The first kappa shape index (κ1) is 13.7. The molecule has 0 atom stereocenters. The maximum Gasteiger partial charge on any atom is 0.354 e. The normalized spacial score (nSPS) is 9.85. The average Bonchev–Trinajstić information content (AvgIpc) is 2.48. The van der Waals surface area contributed by atoms with Gasteiger partial charge in [0.15, 0.2) is 0 Å². The number of nitrogens with zero attached hydrogens (tertiary/aromatic N) is 1. The molecular weight excluding hydrogens is 259 g/mol. The van der Waals surface area contributed by atoms with Crippen LogP contribution in [0.5, 0.6) is 0 Å². The second kappa shape index (κ2) is 6.47. The van der Waals surface area contributed by atoms with E-state index in [4.69, 9.17) is 4.74 Å². The van der Waals surface area contributed by atoms with Crippen LogP contribution in [0.3, 0.4) is 0 Å². The van der Waals surface area contributed by atoms with Gasteiger partial charge in [-0.3, -0.25) is 0 Å². The fourth-order valence-electron chi connectivity index (χ4n) is 1.47. The summed E-state index contributed by atoms with van der Waals surface area (Å²) < 4.78 is 17.8. The molecule has 1 heterocycles. The highest BCUT2D eigenvalue weighted by Crippen LogP contribution is 2.08. The Bertz CT molecular complexity index is 597. The van der Waals surface area contributed by atoms with Crippen molar-refractivity contribution >= 4 is 11.8 Å². The van der Waals surface area contributed by atoms with Gasteiger partial charge in [0, 0.05) is 0 Å². The van der Waals surface area contributed by atoms with Crippen LogP contribution >= 0.6 is 0 Å². The maximum atomic E-state index is 12.7. The third-order valence-corrected chi connectivity index (χ3v) is 2.47. The highest BCUT2D eigenvalue weighted by Gasteiger charge is 2.09. The predicted molar refractivity (Wildman–Crippen MR) is 73.2 cm³/mol. The highest BCUT2D eigenvalue weighted by molar-refractivity contribution is 5.90. The predicted octanol–water partition coefficient (Wildman–Crippen LogP) is 2.89. The third-order valence-electron chi connectivity index (χ3n) is 2.47. The van der Waals surface area contributed by atoms with E-state index in [1.165, 1.54) is 12.1 Å². The Morgan fingerprint density at radius 1 is 1.25 bits per heavy atom. The summed E-state index contributed by atoms with van der Waals surface area (Å²) in [6, 6.07) is 11.9. The van der Waals surface area contributed by atoms with Crippen LogP contribution in [0.1, 0.15) is 5.56 Å². The topological polar surface area (TPSA) is 51.2 Å². The van der Waals surface area contributed by atoms with Crippen LogP contribution in [0.2, 0.25) is 0 Å². The van der Waals surface area contributed by atoms with E-state index in [2.05, 4.69) is 16.9 Å². The Morgan fingerprint density at radius 2 is 2.00 bits per heavy atom. The fourth-order valence-corrected chi connectivity index (χ4v) is 1.47. The maximum absolute atomic E-state index is 12.7. The van der Waals surface area contributed by atoms with Crippen LogP contribution in [0.15, 0.2) is 60.9 Å². The van der Waals surface area contributed by atoms with Gasteiger partial charge < -0.3 is 10.1 Å². The molecule has 4 nitrogen and oxygen atoms in total. The molecule has 0 amide bonds. The van der Waals surface area contributed by atoms with Crippen LogP contribution < -0.4 is 5.32 Å². The fraction of sp³-hybridized carbons (Fsp3) is 0.0667. The van der Waals surface area contributed by atoms with Gasteiger partial charge in [-0.15, -0.1) is 0 Å². The Labute approximate surface area is 115 Å². The Balaban J connectivity index is 1.86. The lowest BCUT2D eigenvalue weighted by Gasteiger charge is -2.09. The first-order valence-electron chi connectivity index (χ1n) is 5.93. The Hall–Kier alpha value is -2.69. The zero-order valence-corrected chi connectivity index (χ0v) is 10.7. The molecule has 0 saturated heterocycles. The van der Waals surface area contributed by atoms with E-state index in [1.807, 2.05) is 30.3 Å². The van der Waals surface area contributed by atoms with Crippen LogP contribution in [-0.4, -0.2) is 11.0 Å². The van der Waals surface area contributed by atoms with Crippen molar-refractivity contribution in [2.75, 3.05) is 5.32 Å². The van der Waals surface area contributed by atoms with Gasteiger partial charge in [-0.1, -0.05) is 36.9 Å². The molecule has 0 radical (unpaired) electrons. The van der Waals surface area contributed by atoms with Crippen LogP contribution in [0.25, 0.3) is 0 Å². The first-order valence-corrected chi connectivity index (χ1v) is 5.93. The smallest absolute Gasteiger partial charge is 0.354 e. The van der Waals surface area contributed by atoms with E-state index < -0.39 is 11.8 Å². The molecule has 102 valence electrons. The number of hydrogen-bond acceptors (Lipinski definition) is 4. The average molecular weight is 272 g/mol. The molecule has 0 aliphatic rings. The Morgan fingerprint density at radius 3 is 2.65 bits per heavy atom. The molecule has 1 aromatic heterocycles. The molecule has 20 heavy (non-hydrogen) atoms. The summed E-state index contributed by atoms with van der Waals surface area (Å²) >= 11 is 0. The van der Waals surface area contributed by atoms with E-state index >= 15 is 0 Å². The molecule has 0 saturated carbocycles. The number of carbonyl (C=O) groups is 1. The van der Waals surface area contributed by atoms with Crippen molar-refractivity contribution in [3.8, 4) is 0 Å². The number of ether oxygens (including phenoxy) is 1. The molecule has 0 unspecified atom stereocenters. The van der Waals surface area contributed by atoms with Crippen molar-refractivity contribution in [3.05, 3.63) is 72.3 Å². The minimum Gasteiger partial charge on any atom is -0.456 e. The van der Waals surface area contributed by atoms with Gasteiger partial charge in [0.25, 0.3) is 0 Å². The summed E-state index contributed by atoms with van der Waals surface area (Å²) in [6.45, 7) is 3.73. The zero-order chi connectivity index (χ0) is 14.4. The molecule has 2 rings (SSSR count). The molecule has 0 fully saturated rings. The number of pyridine rings is 1. The van der Waals surface area contributed by atoms with Crippen molar-refractivity contribution in [2.24, 2.45) is 0 Å². The van der Waals surface area contributed by atoms with Crippen LogP contribution in [-0.2, 0) is 16.1 Å². The van der Waals surface area contributed by atoms with Crippen molar-refractivity contribution in [2.45, 2.75) is 6.61 Å². The summed E-state index contributed by atoms with van der Waals surface area (Å²) in [7, 11) is 0. The molecule has 5 heteroatoms. The molecule has 1 N–H and O–H groups in total. The number of carbonyl (C=O) groups excluding carboxylic acids is 1. The molecular formula is C15H13FN2O2. The third kappa shape index (κ3) is 3.91. The second-order valence-corrected chi connectivity index (χ2v) is 4.03. The van der Waals surface area contributed by atoms with Gasteiger partial charge in [-0.05, 0) is 17.7 Å². The number of esters is 1. The lowest BCUT2D eigenvalue weighted by molar-refractivity contribution is -0.140. The van der Waals surface area contributed by atoms with E-state index in [0.717, 1.165) is 11.8 Å². The number of aromatic nitrogens is 1. The number of rotatable bonds is 5. The SMILES string of the molecule is C=C(Nc1ccc(F)cn1)C(=O)OCc1ccccc1. The standard InChI is InChI=1S/C15H13FN2O2/c1-11(18-14-8-7-13(16)9-17-14)15(19)20-10-12-5-3-2-4-6-12/h2-9H,1,10H2,(H,17,18). The van der Waals surface area contributed by atoms with E-state index in [-0.39, 0.29) is 12.3 Å². The van der Waals surface area contributed by atoms with Crippen LogP contribution in [0, 0.1) is 5.82 Å². The molecule has 0 bridgehead atoms. The summed E-state index contributed by atoms with van der Waals surface area (Å²) in [4.78, 5) is 15.5. The monoisotopic (exact) mass is 272 g/mol. The Kier molecular flexibility index (Phi) is 4.44. The molecule has 2 aromatic rings. The summed E-state index contributed by atoms with van der Waals surface area (Å²) in [5.74, 6) is -0.708. The highest BCUT2D eigenvalue weighted by atomic mass is 19.1. The van der Waals surface area contributed by atoms with Crippen LogP contribution in [0.4, 0.5) is 10.2 Å². The van der Waals surface area contributed by atoms with Crippen molar-refractivity contribution in [1.29, 1.82) is 0 Å². The minimum absolute atomic E-state index is 0.0417. The lowest BCUT2D eigenvalue weighted by Crippen LogP contribution is -2.14. The van der Waals surface area contributed by atoms with E-state index in [1.54, 1.807) is 0 Å². The van der Waals surface area contributed by atoms with Gasteiger partial charge in [0.1, 0.15) is 23.9 Å². The summed E-state index contributed by atoms with van der Waals surface area (Å²) in [6.07, 6.45) is 1.05. The number of nitrogens with one attached hydrogen (secondary N) is 1. The quantitative estimate of drug-likeness (QED) is 0.671. The van der Waals surface area contributed by atoms with E-state index in [0.29, 0.717) is 5.82 Å². The van der Waals surface area contributed by atoms with Crippen molar-refractivity contribution < 1.29 is 13.9 Å². The van der Waals surface area contributed by atoms with Crippen molar-refractivity contribution in [1.82, 2.24) is 4.98 Å². The summed E-state index contributed by atoms with van der Waals surface area (Å²) in [5.41, 5.74) is 0.925. The molecule has 0 aliphatic heterocycles. The van der Waals surface area contributed by atoms with Gasteiger partial charge in [-0.25, -0.2) is 14.2 Å². The lowest BCUT2D eigenvalue weighted by atomic mass is 10.2. The van der Waals surface area contributed by atoms with Gasteiger partial charge in [0.2, 0.25) is 0 Å². The van der Waals surface area contributed by atoms with Gasteiger partial charge >= 0.3 is 5.97 Å².